The number of nitrogens with one attached hydrogen (secondary N) is 1. The molecule has 2 aromatic rings. The van der Waals surface area contributed by atoms with Crippen molar-refractivity contribution in [3.63, 3.8) is 0 Å². The summed E-state index contributed by atoms with van der Waals surface area (Å²) in [6, 6.07) is 4.21. The summed E-state index contributed by atoms with van der Waals surface area (Å²) in [6.07, 6.45) is 1.56. The van der Waals surface area contributed by atoms with Crippen molar-refractivity contribution in [2.45, 2.75) is 0 Å². The molecule has 0 saturated heterocycles. The molecule has 2 rings (SSSR count). The number of halogens is 2. The van der Waals surface area contributed by atoms with Crippen LogP contribution in [0.15, 0.2) is 24.4 Å². The lowest BCUT2D eigenvalue weighted by molar-refractivity contribution is 0.629. The monoisotopic (exact) mass is 211 g/mol. The van der Waals surface area contributed by atoms with Crippen LogP contribution in [0.1, 0.15) is 0 Å². The van der Waals surface area contributed by atoms with Gasteiger partial charge in [0.1, 0.15) is 5.82 Å². The summed E-state index contributed by atoms with van der Waals surface area (Å²) < 4.78 is 13.0. The van der Waals surface area contributed by atoms with Crippen LogP contribution in [-0.4, -0.2) is 4.98 Å². The molecule has 72 valence electrons. The summed E-state index contributed by atoms with van der Waals surface area (Å²) in [5.74, 6) is 4.86. The van der Waals surface area contributed by atoms with Gasteiger partial charge in [0.2, 0.25) is 0 Å². The van der Waals surface area contributed by atoms with Crippen LogP contribution >= 0.6 is 11.6 Å². The Bertz CT molecular complexity index is 487. The van der Waals surface area contributed by atoms with E-state index in [1.807, 2.05) is 0 Å². The first-order valence-electron chi connectivity index (χ1n) is 3.93. The van der Waals surface area contributed by atoms with Gasteiger partial charge in [-0.05, 0) is 18.2 Å². The highest BCUT2D eigenvalue weighted by Crippen LogP contribution is 2.27. The number of nitrogens with zero attached hydrogens (tertiary/aromatic N) is 1. The highest BCUT2D eigenvalue weighted by atomic mass is 35.5. The minimum absolute atomic E-state index is 0.275. The second-order valence-corrected chi connectivity index (χ2v) is 3.19. The third-order valence-corrected chi connectivity index (χ3v) is 2.21. The number of pyridine rings is 1. The van der Waals surface area contributed by atoms with Crippen molar-refractivity contribution in [2.75, 3.05) is 5.43 Å². The molecule has 3 N–H and O–H groups in total. The second-order valence-electron chi connectivity index (χ2n) is 2.79. The molecule has 0 bridgehead atoms. The first-order valence-corrected chi connectivity index (χ1v) is 4.30. The van der Waals surface area contributed by atoms with E-state index < -0.39 is 5.82 Å². The smallest absolute Gasteiger partial charge is 0.125 e. The maximum atomic E-state index is 13.0. The van der Waals surface area contributed by atoms with E-state index in [-0.39, 0.29) is 5.02 Å². The molecule has 14 heavy (non-hydrogen) atoms. The van der Waals surface area contributed by atoms with Crippen LogP contribution in [0.25, 0.3) is 10.9 Å². The van der Waals surface area contributed by atoms with E-state index in [2.05, 4.69) is 10.4 Å². The molecule has 0 saturated carbocycles. The Kier molecular flexibility index (Phi) is 2.23. The summed E-state index contributed by atoms with van der Waals surface area (Å²) in [5.41, 5.74) is 3.58. The van der Waals surface area contributed by atoms with Crippen molar-refractivity contribution in [3.8, 4) is 0 Å². The minimum atomic E-state index is -0.410. The van der Waals surface area contributed by atoms with Gasteiger partial charge >= 0.3 is 0 Å². The molecule has 0 aliphatic heterocycles. The normalized spacial score (nSPS) is 10.5. The fourth-order valence-electron chi connectivity index (χ4n) is 1.30. The van der Waals surface area contributed by atoms with Gasteiger partial charge in [-0.15, -0.1) is 0 Å². The van der Waals surface area contributed by atoms with E-state index in [0.717, 1.165) is 0 Å². The molecule has 0 spiro atoms. The van der Waals surface area contributed by atoms with Crippen LogP contribution in [0.2, 0.25) is 5.02 Å². The number of anilines is 1. The molecule has 3 nitrogen and oxygen atoms in total. The van der Waals surface area contributed by atoms with Crippen LogP contribution < -0.4 is 11.3 Å². The van der Waals surface area contributed by atoms with Gasteiger partial charge in [-0.25, -0.2) is 4.39 Å². The average molecular weight is 212 g/mol. The second kappa shape index (κ2) is 3.40. The zero-order chi connectivity index (χ0) is 10.1. The predicted molar refractivity (Wildman–Crippen MR) is 54.5 cm³/mol. The van der Waals surface area contributed by atoms with Crippen LogP contribution in [0.3, 0.4) is 0 Å². The van der Waals surface area contributed by atoms with Gasteiger partial charge in [-0.2, -0.15) is 0 Å². The summed E-state index contributed by atoms with van der Waals surface area (Å²) >= 11 is 5.82. The number of rotatable bonds is 1. The number of fused-ring (bicyclic) bond motifs is 1. The maximum Gasteiger partial charge on any atom is 0.125 e. The third kappa shape index (κ3) is 1.38. The van der Waals surface area contributed by atoms with Crippen molar-refractivity contribution >= 4 is 28.2 Å². The van der Waals surface area contributed by atoms with Gasteiger partial charge < -0.3 is 5.43 Å². The van der Waals surface area contributed by atoms with Crippen molar-refractivity contribution in [1.82, 2.24) is 4.98 Å². The number of hydrazine groups is 1. The number of hydrogen-bond donors (Lipinski definition) is 2. The molecule has 0 aliphatic carbocycles. The molecular formula is C9H7ClFN3. The summed E-state index contributed by atoms with van der Waals surface area (Å²) in [7, 11) is 0. The lowest BCUT2D eigenvalue weighted by Crippen LogP contribution is -2.07. The minimum Gasteiger partial charge on any atom is -0.323 e. The Hall–Kier alpha value is -1.39. The van der Waals surface area contributed by atoms with Crippen LogP contribution in [-0.2, 0) is 0 Å². The Morgan fingerprint density at radius 3 is 2.93 bits per heavy atom. The highest BCUT2D eigenvalue weighted by Gasteiger charge is 2.06. The van der Waals surface area contributed by atoms with E-state index in [1.165, 1.54) is 12.1 Å². The predicted octanol–water partition coefficient (Wildman–Crippen LogP) is 2.31. The largest absolute Gasteiger partial charge is 0.323 e. The van der Waals surface area contributed by atoms with Crippen molar-refractivity contribution in [1.29, 1.82) is 0 Å². The summed E-state index contributed by atoms with van der Waals surface area (Å²) in [4.78, 5) is 4.04. The molecule has 0 radical (unpaired) electrons. The van der Waals surface area contributed by atoms with Crippen molar-refractivity contribution in [3.05, 3.63) is 35.2 Å². The fourth-order valence-corrected chi connectivity index (χ4v) is 1.56. The molecule has 0 amide bonds. The van der Waals surface area contributed by atoms with Gasteiger partial charge in [0.05, 0.1) is 16.2 Å². The number of nitrogens with two attached hydrogens (primary N) is 1. The molecule has 0 unspecified atom stereocenters. The summed E-state index contributed by atoms with van der Waals surface area (Å²) in [5, 5.41) is 0.845. The summed E-state index contributed by atoms with van der Waals surface area (Å²) in [6.45, 7) is 0. The molecule has 0 aliphatic rings. The zero-order valence-electron chi connectivity index (χ0n) is 7.09. The lowest BCUT2D eigenvalue weighted by Gasteiger charge is -2.05. The van der Waals surface area contributed by atoms with E-state index in [1.54, 1.807) is 12.3 Å². The van der Waals surface area contributed by atoms with E-state index in [0.29, 0.717) is 16.6 Å². The molecule has 5 heteroatoms. The standard InChI is InChI=1S/C9H7ClFN3/c10-7-4-5(11)3-6-8(14-12)1-2-13-9(6)7/h1-4H,12H2,(H,13,14). The first-order chi connectivity index (χ1) is 6.72. The molecule has 1 heterocycles. The van der Waals surface area contributed by atoms with E-state index in [4.69, 9.17) is 17.4 Å². The highest BCUT2D eigenvalue weighted by molar-refractivity contribution is 6.35. The van der Waals surface area contributed by atoms with Gasteiger partial charge in [-0.3, -0.25) is 10.8 Å². The van der Waals surface area contributed by atoms with Gasteiger partial charge in [0, 0.05) is 11.6 Å². The Balaban J connectivity index is 2.86. The van der Waals surface area contributed by atoms with Crippen molar-refractivity contribution < 1.29 is 4.39 Å². The number of aromatic nitrogens is 1. The molecule has 0 fully saturated rings. The van der Waals surface area contributed by atoms with Crippen LogP contribution in [0.4, 0.5) is 10.1 Å². The Morgan fingerprint density at radius 2 is 2.21 bits per heavy atom. The third-order valence-electron chi connectivity index (χ3n) is 1.92. The van der Waals surface area contributed by atoms with Gasteiger partial charge in [0.25, 0.3) is 0 Å². The fraction of sp³-hybridized carbons (Fsp3) is 0. The SMILES string of the molecule is NNc1ccnc2c(Cl)cc(F)cc12. The molecule has 1 aromatic carbocycles. The zero-order valence-corrected chi connectivity index (χ0v) is 7.85. The van der Waals surface area contributed by atoms with Gasteiger partial charge in [-0.1, -0.05) is 11.6 Å². The topological polar surface area (TPSA) is 50.9 Å². The van der Waals surface area contributed by atoms with E-state index in [9.17, 15) is 4.39 Å². The van der Waals surface area contributed by atoms with Gasteiger partial charge in [0.15, 0.2) is 0 Å². The quantitative estimate of drug-likeness (QED) is 0.562. The van der Waals surface area contributed by atoms with Crippen molar-refractivity contribution in [2.24, 2.45) is 5.84 Å². The lowest BCUT2D eigenvalue weighted by atomic mass is 10.2. The Morgan fingerprint density at radius 1 is 1.43 bits per heavy atom. The molecule has 0 atom stereocenters. The molecular weight excluding hydrogens is 205 g/mol. The number of hydrogen-bond acceptors (Lipinski definition) is 3. The average Bonchev–Trinajstić information content (AvgIpc) is 2.17. The first kappa shape index (κ1) is 9.18. The maximum absolute atomic E-state index is 13.0. The Labute approximate surface area is 84.7 Å². The number of benzene rings is 1. The van der Waals surface area contributed by atoms with Crippen LogP contribution in [0, 0.1) is 5.82 Å². The van der Waals surface area contributed by atoms with Crippen LogP contribution in [0.5, 0.6) is 0 Å². The molecule has 1 aromatic heterocycles. The van der Waals surface area contributed by atoms with E-state index >= 15 is 0 Å². The number of nitrogen functional groups attached to an aromatic ring is 1.